The minimum Gasteiger partial charge on any atom is -0.380 e. The molecular weight excluding hydrogens is 405 g/mol. The van der Waals surface area contributed by atoms with Crippen molar-refractivity contribution in [2.75, 3.05) is 18.8 Å². The smallest absolute Gasteiger partial charge is 0.172 e. The Morgan fingerprint density at radius 1 is 1.20 bits per heavy atom. The first-order chi connectivity index (χ1) is 14.6. The molecule has 154 valence electrons. The fourth-order valence-electron chi connectivity index (χ4n) is 3.95. The summed E-state index contributed by atoms with van der Waals surface area (Å²) < 4.78 is 18.0. The number of rotatable bonds is 4. The summed E-state index contributed by atoms with van der Waals surface area (Å²) in [6.45, 7) is 2.17. The van der Waals surface area contributed by atoms with E-state index in [-0.39, 0.29) is 12.4 Å². The van der Waals surface area contributed by atoms with Crippen LogP contribution in [0.4, 0.5) is 10.2 Å². The number of nitrogen functional groups attached to an aromatic ring is 1. The third-order valence-corrected chi connectivity index (χ3v) is 5.96. The van der Waals surface area contributed by atoms with Gasteiger partial charge in [-0.3, -0.25) is 14.3 Å². The van der Waals surface area contributed by atoms with Crippen LogP contribution in [0.1, 0.15) is 24.4 Å². The van der Waals surface area contributed by atoms with E-state index < -0.39 is 0 Å². The molecule has 0 bridgehead atoms. The second-order valence-corrected chi connectivity index (χ2v) is 7.93. The number of piperidine rings is 1. The summed E-state index contributed by atoms with van der Waals surface area (Å²) in [5, 5.41) is 12.6. The van der Waals surface area contributed by atoms with Crippen LogP contribution in [0.15, 0.2) is 42.9 Å². The maximum absolute atomic E-state index is 14.3. The molecule has 30 heavy (non-hydrogen) atoms. The Kier molecular flexibility index (Phi) is 4.88. The van der Waals surface area contributed by atoms with Crippen LogP contribution >= 0.6 is 11.6 Å². The number of aromatic nitrogens is 5. The lowest BCUT2D eigenvalue weighted by molar-refractivity contribution is 0.343. The maximum Gasteiger partial charge on any atom is 0.172 e. The number of hydrogen-bond donors (Lipinski definition) is 2. The molecule has 0 unspecified atom stereocenters. The van der Waals surface area contributed by atoms with E-state index in [0.29, 0.717) is 28.0 Å². The van der Waals surface area contributed by atoms with Gasteiger partial charge in [0.25, 0.3) is 0 Å². The molecular formula is C21H21ClFN7. The summed E-state index contributed by atoms with van der Waals surface area (Å²) in [5.41, 5.74) is 9.60. The number of nitrogens with one attached hydrogen (secondary N) is 1. The van der Waals surface area contributed by atoms with E-state index in [4.69, 9.17) is 17.3 Å². The van der Waals surface area contributed by atoms with E-state index in [2.05, 4.69) is 26.7 Å². The molecule has 1 aromatic carbocycles. The van der Waals surface area contributed by atoms with Crippen molar-refractivity contribution in [2.45, 2.75) is 25.4 Å². The molecule has 0 aliphatic carbocycles. The molecule has 1 aliphatic rings. The zero-order valence-corrected chi connectivity index (χ0v) is 17.0. The molecule has 7 nitrogen and oxygen atoms in total. The van der Waals surface area contributed by atoms with E-state index in [1.165, 1.54) is 6.07 Å². The number of halogens is 2. The number of pyridine rings is 1. The van der Waals surface area contributed by atoms with Gasteiger partial charge >= 0.3 is 0 Å². The van der Waals surface area contributed by atoms with E-state index >= 15 is 0 Å². The van der Waals surface area contributed by atoms with Gasteiger partial charge in [0.1, 0.15) is 11.3 Å². The number of anilines is 1. The topological polar surface area (TPSA) is 86.6 Å². The Labute approximate surface area is 177 Å². The van der Waals surface area contributed by atoms with Crippen molar-refractivity contribution >= 4 is 28.5 Å². The summed E-state index contributed by atoms with van der Waals surface area (Å²) in [5.74, 6) is -0.0773. The van der Waals surface area contributed by atoms with Gasteiger partial charge in [0.15, 0.2) is 5.82 Å². The third kappa shape index (κ3) is 3.42. The van der Waals surface area contributed by atoms with Crippen molar-refractivity contribution in [2.24, 2.45) is 0 Å². The molecule has 0 spiro atoms. The summed E-state index contributed by atoms with van der Waals surface area (Å²) in [6, 6.07) is 6.99. The van der Waals surface area contributed by atoms with Crippen molar-refractivity contribution in [1.29, 1.82) is 0 Å². The molecule has 0 atom stereocenters. The highest BCUT2D eigenvalue weighted by Crippen LogP contribution is 2.28. The lowest BCUT2D eigenvalue weighted by atomic mass is 10.1. The van der Waals surface area contributed by atoms with Crippen molar-refractivity contribution in [1.82, 2.24) is 29.9 Å². The normalized spacial score (nSPS) is 15.1. The molecule has 0 saturated carbocycles. The van der Waals surface area contributed by atoms with Gasteiger partial charge in [-0.15, -0.1) is 0 Å². The molecule has 1 saturated heterocycles. The monoisotopic (exact) mass is 425 g/mol. The van der Waals surface area contributed by atoms with Gasteiger partial charge in [-0.25, -0.2) is 4.39 Å². The predicted molar refractivity (Wildman–Crippen MR) is 115 cm³/mol. The van der Waals surface area contributed by atoms with Crippen molar-refractivity contribution in [3.8, 4) is 11.1 Å². The lowest BCUT2D eigenvalue weighted by Gasteiger charge is -2.22. The molecule has 0 radical (unpaired) electrons. The Morgan fingerprint density at radius 3 is 2.83 bits per heavy atom. The van der Waals surface area contributed by atoms with Crippen molar-refractivity contribution < 1.29 is 4.39 Å². The summed E-state index contributed by atoms with van der Waals surface area (Å²) >= 11 is 6.20. The number of benzene rings is 1. The van der Waals surface area contributed by atoms with Crippen LogP contribution in [-0.4, -0.2) is 37.6 Å². The van der Waals surface area contributed by atoms with Gasteiger partial charge < -0.3 is 11.1 Å². The minimum atomic E-state index is -0.378. The van der Waals surface area contributed by atoms with E-state index in [9.17, 15) is 4.39 Å². The summed E-state index contributed by atoms with van der Waals surface area (Å²) in [4.78, 5) is 4.50. The fraction of sp³-hybridized carbons (Fsp3) is 0.286. The van der Waals surface area contributed by atoms with Crippen LogP contribution in [0.2, 0.25) is 5.02 Å². The Hall–Kier alpha value is -2.97. The summed E-state index contributed by atoms with van der Waals surface area (Å²) in [7, 11) is 0. The molecule has 1 fully saturated rings. The van der Waals surface area contributed by atoms with Gasteiger partial charge in [-0.05, 0) is 44.1 Å². The zero-order valence-electron chi connectivity index (χ0n) is 16.2. The second kappa shape index (κ2) is 7.70. The van der Waals surface area contributed by atoms with Crippen LogP contribution in [0.25, 0.3) is 22.2 Å². The van der Waals surface area contributed by atoms with Gasteiger partial charge in [-0.1, -0.05) is 17.7 Å². The average molecular weight is 426 g/mol. The summed E-state index contributed by atoms with van der Waals surface area (Å²) in [6.07, 6.45) is 7.79. The average Bonchev–Trinajstić information content (AvgIpc) is 3.37. The largest absolute Gasteiger partial charge is 0.380 e. The molecule has 4 aromatic rings. The first kappa shape index (κ1) is 19.0. The first-order valence-corrected chi connectivity index (χ1v) is 10.3. The highest BCUT2D eigenvalue weighted by Gasteiger charge is 2.18. The van der Waals surface area contributed by atoms with Crippen LogP contribution in [0, 0.1) is 5.82 Å². The third-order valence-electron chi connectivity index (χ3n) is 5.60. The molecule has 9 heteroatoms. The molecule has 1 aliphatic heterocycles. The second-order valence-electron chi connectivity index (χ2n) is 7.53. The van der Waals surface area contributed by atoms with E-state index in [1.807, 2.05) is 16.9 Å². The number of hydrogen-bond acceptors (Lipinski definition) is 5. The number of fused-ring (bicyclic) bond motifs is 1. The van der Waals surface area contributed by atoms with Crippen LogP contribution < -0.4 is 11.1 Å². The standard InChI is InChI=1S/C21H21ClFN7/c22-17-2-1-3-18(23)16(17)12-30-19-8-13(9-26-20(19)21(24)28-30)14-10-27-29(11-14)15-4-6-25-7-5-15/h1-3,8-11,15,25H,4-7,12H2,(H2,24,28). The van der Waals surface area contributed by atoms with Gasteiger partial charge in [0.05, 0.1) is 24.3 Å². The van der Waals surface area contributed by atoms with Crippen molar-refractivity contribution in [3.05, 3.63) is 59.3 Å². The number of nitrogens with two attached hydrogens (primary N) is 1. The fourth-order valence-corrected chi connectivity index (χ4v) is 4.17. The molecule has 3 aromatic heterocycles. The Balaban J connectivity index is 1.51. The van der Waals surface area contributed by atoms with Crippen LogP contribution in [-0.2, 0) is 6.54 Å². The highest BCUT2D eigenvalue weighted by molar-refractivity contribution is 6.31. The van der Waals surface area contributed by atoms with Gasteiger partial charge in [0.2, 0.25) is 0 Å². The van der Waals surface area contributed by atoms with Gasteiger partial charge in [0, 0.05) is 34.1 Å². The van der Waals surface area contributed by atoms with E-state index in [1.54, 1.807) is 23.0 Å². The minimum absolute atomic E-state index is 0.165. The van der Waals surface area contributed by atoms with Crippen molar-refractivity contribution in [3.63, 3.8) is 0 Å². The van der Waals surface area contributed by atoms with Crippen LogP contribution in [0.3, 0.4) is 0 Å². The lowest BCUT2D eigenvalue weighted by Crippen LogP contribution is -2.29. The first-order valence-electron chi connectivity index (χ1n) is 9.90. The Morgan fingerprint density at radius 2 is 2.03 bits per heavy atom. The molecule has 3 N–H and O–H groups in total. The molecule has 0 amide bonds. The van der Waals surface area contributed by atoms with Gasteiger partial charge in [-0.2, -0.15) is 10.2 Å². The SMILES string of the molecule is Nc1nn(Cc2c(F)cccc2Cl)c2cc(-c3cnn(C4CCNCC4)c3)cnc12. The Bertz CT molecular complexity index is 1190. The predicted octanol–water partition coefficient (Wildman–Crippen LogP) is 3.64. The number of nitrogens with zero attached hydrogens (tertiary/aromatic N) is 5. The maximum atomic E-state index is 14.3. The highest BCUT2D eigenvalue weighted by atomic mass is 35.5. The quantitative estimate of drug-likeness (QED) is 0.521. The zero-order chi connectivity index (χ0) is 20.7. The molecule has 5 rings (SSSR count). The molecule has 4 heterocycles. The van der Waals surface area contributed by atoms with Crippen LogP contribution in [0.5, 0.6) is 0 Å². The van der Waals surface area contributed by atoms with E-state index in [0.717, 1.165) is 42.6 Å².